The summed E-state index contributed by atoms with van der Waals surface area (Å²) in [5, 5.41) is 11.2. The van der Waals surface area contributed by atoms with E-state index in [1.165, 1.54) is 12.1 Å². The van der Waals surface area contributed by atoms with Crippen molar-refractivity contribution in [3.63, 3.8) is 0 Å². The molecule has 4 rings (SSSR count). The van der Waals surface area contributed by atoms with Crippen molar-refractivity contribution in [3.05, 3.63) is 84.4 Å². The first-order valence-electron chi connectivity index (χ1n) is 10.8. The van der Waals surface area contributed by atoms with Crippen LogP contribution in [0.15, 0.2) is 93.3 Å². The Hall–Kier alpha value is -3.07. The summed E-state index contributed by atoms with van der Waals surface area (Å²) < 4.78 is 33.3. The maximum atomic E-state index is 12.6. The highest BCUT2D eigenvalue weighted by atomic mass is 32.2. The van der Waals surface area contributed by atoms with Gasteiger partial charge in [-0.1, -0.05) is 80.2 Å². The monoisotopic (exact) mass is 495 g/mol. The van der Waals surface area contributed by atoms with Crippen LogP contribution in [-0.2, 0) is 20.6 Å². The van der Waals surface area contributed by atoms with Gasteiger partial charge in [-0.25, -0.2) is 8.42 Å². The molecule has 0 fully saturated rings. The molecule has 4 aromatic rings. The van der Waals surface area contributed by atoms with Gasteiger partial charge in [0.1, 0.15) is 11.6 Å². The van der Waals surface area contributed by atoms with Gasteiger partial charge in [-0.3, -0.25) is 4.79 Å². The number of carboxylic acid groups (broad SMARTS) is 1. The van der Waals surface area contributed by atoms with Crippen LogP contribution in [0.3, 0.4) is 0 Å². The number of carboxylic acids is 1. The lowest BCUT2D eigenvalue weighted by Crippen LogP contribution is -2.44. The van der Waals surface area contributed by atoms with E-state index in [0.717, 1.165) is 38.5 Å². The zero-order valence-corrected chi connectivity index (χ0v) is 20.4. The summed E-state index contributed by atoms with van der Waals surface area (Å²) in [5.41, 5.74) is 3.85. The Morgan fingerprint density at radius 1 is 0.971 bits per heavy atom. The molecular weight excluding hydrogens is 470 g/mol. The van der Waals surface area contributed by atoms with E-state index < -0.39 is 22.0 Å². The van der Waals surface area contributed by atoms with Crippen molar-refractivity contribution in [3.8, 4) is 11.1 Å². The highest BCUT2D eigenvalue weighted by Crippen LogP contribution is 2.30. The van der Waals surface area contributed by atoms with Crippen molar-refractivity contribution in [2.75, 3.05) is 0 Å². The minimum atomic E-state index is -3.94. The van der Waals surface area contributed by atoms with Crippen LogP contribution in [-0.4, -0.2) is 25.5 Å². The highest BCUT2D eigenvalue weighted by molar-refractivity contribution is 7.98. The maximum absolute atomic E-state index is 12.6. The van der Waals surface area contributed by atoms with Crippen molar-refractivity contribution in [1.82, 2.24) is 4.72 Å². The lowest BCUT2D eigenvalue weighted by Gasteiger charge is -2.18. The third kappa shape index (κ3) is 5.52. The molecule has 176 valence electrons. The molecule has 6 nitrogen and oxygen atoms in total. The van der Waals surface area contributed by atoms with Crippen LogP contribution < -0.4 is 4.72 Å². The first-order chi connectivity index (χ1) is 16.2. The molecule has 2 N–H and O–H groups in total. The molecule has 3 aromatic carbocycles. The molecule has 0 saturated heterocycles. The van der Waals surface area contributed by atoms with Crippen molar-refractivity contribution < 1.29 is 22.7 Å². The Bertz CT molecular complexity index is 1360. The second-order valence-electron chi connectivity index (χ2n) is 8.29. The van der Waals surface area contributed by atoms with E-state index in [2.05, 4.69) is 4.72 Å². The molecule has 8 heteroatoms. The normalized spacial score (nSPS) is 12.8. The van der Waals surface area contributed by atoms with Gasteiger partial charge in [0, 0.05) is 11.1 Å². The molecule has 0 aliphatic heterocycles. The Kier molecular flexibility index (Phi) is 7.11. The van der Waals surface area contributed by atoms with E-state index in [0.29, 0.717) is 0 Å². The van der Waals surface area contributed by atoms with Gasteiger partial charge < -0.3 is 9.52 Å². The van der Waals surface area contributed by atoms with Gasteiger partial charge in [0.25, 0.3) is 0 Å². The zero-order chi connectivity index (χ0) is 24.3. The topological polar surface area (TPSA) is 96.6 Å². The van der Waals surface area contributed by atoms with Crippen molar-refractivity contribution in [2.24, 2.45) is 5.92 Å². The predicted molar refractivity (Wildman–Crippen MR) is 134 cm³/mol. The van der Waals surface area contributed by atoms with Gasteiger partial charge in [-0.05, 0) is 46.9 Å². The molecule has 0 aliphatic carbocycles. The second kappa shape index (κ2) is 10.0. The average Bonchev–Trinajstić information content (AvgIpc) is 3.24. The molecule has 0 aliphatic rings. The van der Waals surface area contributed by atoms with Crippen molar-refractivity contribution in [1.29, 1.82) is 0 Å². The summed E-state index contributed by atoms with van der Waals surface area (Å²) in [6.45, 7) is 3.31. The number of hydrogen-bond donors (Lipinski definition) is 2. The van der Waals surface area contributed by atoms with Crippen LogP contribution in [0, 0.1) is 5.92 Å². The van der Waals surface area contributed by atoms with Crippen LogP contribution in [0.1, 0.15) is 19.4 Å². The van der Waals surface area contributed by atoms with Crippen molar-refractivity contribution in [2.45, 2.75) is 35.6 Å². The number of nitrogens with one attached hydrogen (secondary N) is 1. The quantitative estimate of drug-likeness (QED) is 0.286. The van der Waals surface area contributed by atoms with E-state index in [-0.39, 0.29) is 10.8 Å². The van der Waals surface area contributed by atoms with Crippen LogP contribution in [0.5, 0.6) is 0 Å². The van der Waals surface area contributed by atoms with Gasteiger partial charge in [0.05, 0.1) is 4.90 Å². The number of carbonyl (C=O) groups is 1. The summed E-state index contributed by atoms with van der Waals surface area (Å²) >= 11 is 1.63. The summed E-state index contributed by atoms with van der Waals surface area (Å²) in [6, 6.07) is 23.3. The fraction of sp³-hybridized carbons (Fsp3) is 0.192. The molecule has 0 bridgehead atoms. The number of thioether (sulfide) groups is 1. The second-order valence-corrected chi connectivity index (χ2v) is 11.0. The number of rotatable bonds is 9. The number of sulfonamides is 1. The maximum Gasteiger partial charge on any atom is 0.322 e. The summed E-state index contributed by atoms with van der Waals surface area (Å²) in [7, 11) is -3.94. The summed E-state index contributed by atoms with van der Waals surface area (Å²) in [4.78, 5) is 11.4. The first-order valence-corrected chi connectivity index (χ1v) is 13.3. The third-order valence-corrected chi connectivity index (χ3v) is 7.87. The Morgan fingerprint density at radius 2 is 1.59 bits per heavy atom. The number of para-hydroxylation sites is 1. The lowest BCUT2D eigenvalue weighted by atomic mass is 10.0. The fourth-order valence-electron chi connectivity index (χ4n) is 3.51. The minimum Gasteiger partial charge on any atom is -0.480 e. The molecule has 1 aromatic heterocycles. The molecule has 1 atom stereocenters. The molecule has 0 saturated carbocycles. The summed E-state index contributed by atoms with van der Waals surface area (Å²) in [5.74, 6) is -0.812. The number of hydrogen-bond acceptors (Lipinski definition) is 5. The molecule has 0 radical (unpaired) electrons. The van der Waals surface area contributed by atoms with Gasteiger partial charge in [-0.2, -0.15) is 4.72 Å². The molecule has 0 amide bonds. The van der Waals surface area contributed by atoms with Crippen LogP contribution in [0.4, 0.5) is 0 Å². The smallest absolute Gasteiger partial charge is 0.322 e. The molecule has 1 heterocycles. The molecule has 0 unspecified atom stereocenters. The summed E-state index contributed by atoms with van der Waals surface area (Å²) in [6.07, 6.45) is 0. The van der Waals surface area contributed by atoms with E-state index in [1.807, 2.05) is 54.6 Å². The zero-order valence-electron chi connectivity index (χ0n) is 18.8. The van der Waals surface area contributed by atoms with E-state index in [9.17, 15) is 18.3 Å². The van der Waals surface area contributed by atoms with Gasteiger partial charge in [0.15, 0.2) is 5.09 Å². The number of fused-ring (bicyclic) bond motifs is 1. The lowest BCUT2D eigenvalue weighted by molar-refractivity contribution is -0.140. The minimum absolute atomic E-state index is 0.0296. The molecule has 34 heavy (non-hydrogen) atoms. The largest absolute Gasteiger partial charge is 0.480 e. The standard InChI is InChI=1S/C26H25NO5S2/c1-17(2)25(26(28)29)27-34(30,31)22-13-11-20(12-14-22)19-9-7-18(8-10-19)16-33-24-15-21-5-3-4-6-23(21)32-24/h3-15,17,25,27H,16H2,1-2H3,(H,28,29)/t25-/m1/s1. The molecular formula is C26H25NO5S2. The van der Waals surface area contributed by atoms with Gasteiger partial charge in [-0.15, -0.1) is 0 Å². The van der Waals surface area contributed by atoms with Crippen LogP contribution in [0.25, 0.3) is 22.1 Å². The Morgan fingerprint density at radius 3 is 2.18 bits per heavy atom. The van der Waals surface area contributed by atoms with Crippen LogP contribution >= 0.6 is 11.8 Å². The van der Waals surface area contributed by atoms with E-state index in [4.69, 9.17) is 4.42 Å². The Labute approximate surface area is 203 Å². The highest BCUT2D eigenvalue weighted by Gasteiger charge is 2.27. The average molecular weight is 496 g/mol. The van der Waals surface area contributed by atoms with E-state index in [1.54, 1.807) is 37.7 Å². The van der Waals surface area contributed by atoms with E-state index >= 15 is 0 Å². The van der Waals surface area contributed by atoms with Crippen molar-refractivity contribution >= 4 is 38.7 Å². The fourth-order valence-corrected chi connectivity index (χ4v) is 5.71. The Balaban J connectivity index is 1.42. The predicted octanol–water partition coefficient (Wildman–Crippen LogP) is 5.78. The first kappa shape index (κ1) is 24.1. The number of aliphatic carboxylic acids is 1. The SMILES string of the molecule is CC(C)[C@@H](NS(=O)(=O)c1ccc(-c2ccc(CSc3cc4ccccc4o3)cc2)cc1)C(=O)O. The third-order valence-electron chi connectivity index (χ3n) is 5.45. The van der Waals surface area contributed by atoms with Gasteiger partial charge >= 0.3 is 5.97 Å². The number of benzene rings is 3. The number of furan rings is 1. The van der Waals surface area contributed by atoms with Gasteiger partial charge in [0.2, 0.25) is 10.0 Å². The van der Waals surface area contributed by atoms with Crippen LogP contribution in [0.2, 0.25) is 0 Å². The molecule has 0 spiro atoms.